The lowest BCUT2D eigenvalue weighted by Crippen LogP contribution is -2.28. The van der Waals surface area contributed by atoms with Crippen molar-refractivity contribution in [2.45, 2.75) is 37.7 Å². The van der Waals surface area contributed by atoms with Gasteiger partial charge < -0.3 is 14.8 Å². The van der Waals surface area contributed by atoms with Crippen molar-refractivity contribution in [1.29, 1.82) is 0 Å². The summed E-state index contributed by atoms with van der Waals surface area (Å²) >= 11 is 3.55. The fraction of sp³-hybridized carbons (Fsp3) is 0.615. The number of aromatic nitrogens is 1. The minimum atomic E-state index is 0.414. The molecule has 0 saturated carbocycles. The predicted octanol–water partition coefficient (Wildman–Crippen LogP) is 2.75. The summed E-state index contributed by atoms with van der Waals surface area (Å²) in [5, 5.41) is 3.43. The highest BCUT2D eigenvalue weighted by atomic mass is 79.9. The zero-order valence-corrected chi connectivity index (χ0v) is 13.0. The molecule has 1 N–H and O–H groups in total. The zero-order valence-electron chi connectivity index (χ0n) is 11.4. The summed E-state index contributed by atoms with van der Waals surface area (Å²) in [5.41, 5.74) is 0.867. The second-order valence-corrected chi connectivity index (χ2v) is 5.85. The van der Waals surface area contributed by atoms with Crippen LogP contribution in [0, 0.1) is 0 Å². The molecule has 1 heterocycles. The summed E-state index contributed by atoms with van der Waals surface area (Å²) < 4.78 is 10.6. The Labute approximate surface area is 117 Å². The lowest BCUT2D eigenvalue weighted by Gasteiger charge is -2.16. The van der Waals surface area contributed by atoms with E-state index in [0.29, 0.717) is 28.9 Å². The molecule has 0 amide bonds. The topological polar surface area (TPSA) is 43.4 Å². The number of rotatable bonds is 7. The van der Waals surface area contributed by atoms with E-state index >= 15 is 0 Å². The van der Waals surface area contributed by atoms with Gasteiger partial charge in [0, 0.05) is 29.7 Å². The van der Waals surface area contributed by atoms with Crippen LogP contribution in [0.5, 0.6) is 11.5 Å². The van der Waals surface area contributed by atoms with E-state index in [2.05, 4.69) is 40.1 Å². The van der Waals surface area contributed by atoms with Crippen LogP contribution in [-0.4, -0.2) is 30.1 Å². The number of nitrogens with one attached hydrogen (secondary N) is 1. The predicted molar refractivity (Wildman–Crippen MR) is 76.6 cm³/mol. The van der Waals surface area contributed by atoms with Crippen molar-refractivity contribution < 1.29 is 9.47 Å². The number of nitrogens with zero attached hydrogens (tertiary/aromatic N) is 1. The lowest BCUT2D eigenvalue weighted by molar-refractivity contribution is 0.347. The molecule has 0 radical (unpaired) electrons. The molecule has 0 fully saturated rings. The van der Waals surface area contributed by atoms with Gasteiger partial charge in [0.15, 0.2) is 11.5 Å². The van der Waals surface area contributed by atoms with Crippen LogP contribution < -0.4 is 14.8 Å². The third-order valence-electron chi connectivity index (χ3n) is 2.66. The molecule has 2 atom stereocenters. The van der Waals surface area contributed by atoms with Crippen LogP contribution in [0.4, 0.5) is 0 Å². The van der Waals surface area contributed by atoms with E-state index in [9.17, 15) is 0 Å². The van der Waals surface area contributed by atoms with Gasteiger partial charge in [-0.2, -0.15) is 0 Å². The largest absolute Gasteiger partial charge is 0.493 e. The maximum absolute atomic E-state index is 5.34. The van der Waals surface area contributed by atoms with Crippen LogP contribution in [0.25, 0.3) is 0 Å². The van der Waals surface area contributed by atoms with E-state index in [1.165, 1.54) is 0 Å². The minimum absolute atomic E-state index is 0.414. The van der Waals surface area contributed by atoms with Gasteiger partial charge in [0.1, 0.15) is 0 Å². The van der Waals surface area contributed by atoms with Gasteiger partial charge in [0.2, 0.25) is 0 Å². The monoisotopic (exact) mass is 316 g/mol. The molecule has 0 spiro atoms. The van der Waals surface area contributed by atoms with Gasteiger partial charge >= 0.3 is 0 Å². The average Bonchev–Trinajstić information content (AvgIpc) is 2.34. The molecule has 0 bridgehead atoms. The fourth-order valence-electron chi connectivity index (χ4n) is 1.82. The number of alkyl halides is 1. The maximum Gasteiger partial charge on any atom is 0.183 e. The van der Waals surface area contributed by atoms with Gasteiger partial charge in [-0.25, -0.2) is 0 Å². The highest BCUT2D eigenvalue weighted by molar-refractivity contribution is 9.09. The van der Waals surface area contributed by atoms with E-state index in [1.54, 1.807) is 26.5 Å². The van der Waals surface area contributed by atoms with E-state index in [1.807, 2.05) is 0 Å². The summed E-state index contributed by atoms with van der Waals surface area (Å²) in [4.78, 5) is 4.83. The smallest absolute Gasteiger partial charge is 0.183 e. The van der Waals surface area contributed by atoms with Crippen molar-refractivity contribution in [2.24, 2.45) is 0 Å². The molecule has 4 nitrogen and oxygen atoms in total. The molecule has 102 valence electrons. The van der Waals surface area contributed by atoms with E-state index in [0.717, 1.165) is 12.1 Å². The Morgan fingerprint density at radius 1 is 1.33 bits per heavy atom. The van der Waals surface area contributed by atoms with Gasteiger partial charge in [0.05, 0.1) is 19.9 Å². The molecule has 0 saturated heterocycles. The molecular weight excluding hydrogens is 296 g/mol. The van der Waals surface area contributed by atoms with Gasteiger partial charge in [-0.3, -0.25) is 4.98 Å². The number of hydrogen-bond donors (Lipinski definition) is 1. The summed E-state index contributed by atoms with van der Waals surface area (Å²) in [6, 6.07) is 2.21. The highest BCUT2D eigenvalue weighted by Gasteiger charge is 2.12. The molecule has 0 aliphatic heterocycles. The number of pyridine rings is 1. The molecular formula is C13H21BrN2O2. The number of ether oxygens (including phenoxy) is 2. The lowest BCUT2D eigenvalue weighted by atomic mass is 10.2. The Morgan fingerprint density at radius 3 is 2.61 bits per heavy atom. The third-order valence-corrected chi connectivity index (χ3v) is 3.04. The van der Waals surface area contributed by atoms with E-state index in [-0.39, 0.29) is 0 Å². The van der Waals surface area contributed by atoms with Gasteiger partial charge in [-0.1, -0.05) is 22.9 Å². The van der Waals surface area contributed by atoms with Crippen molar-refractivity contribution in [1.82, 2.24) is 10.3 Å². The Hall–Kier alpha value is -0.810. The first kappa shape index (κ1) is 15.2. The molecule has 18 heavy (non-hydrogen) atoms. The molecule has 1 rings (SSSR count). The normalized spacial score (nSPS) is 14.1. The van der Waals surface area contributed by atoms with Crippen LogP contribution in [0.3, 0.4) is 0 Å². The first-order valence-electron chi connectivity index (χ1n) is 6.01. The molecule has 0 aliphatic rings. The molecule has 0 aliphatic carbocycles. The summed E-state index contributed by atoms with van der Waals surface area (Å²) in [6.07, 6.45) is 2.79. The average molecular weight is 317 g/mol. The van der Waals surface area contributed by atoms with Crippen LogP contribution >= 0.6 is 15.9 Å². The van der Waals surface area contributed by atoms with Crippen molar-refractivity contribution in [3.8, 4) is 11.5 Å². The molecule has 2 unspecified atom stereocenters. The standard InChI is InChI=1S/C13H21BrN2O2/c1-9(14)7-10(2)16-8-11-13(18-4)12(17-3)5-6-15-11/h5-6,9-10,16H,7-8H2,1-4H3. The second-order valence-electron chi connectivity index (χ2n) is 4.29. The van der Waals surface area contributed by atoms with Gasteiger partial charge in [-0.05, 0) is 13.3 Å². The van der Waals surface area contributed by atoms with Crippen LogP contribution in [0.15, 0.2) is 12.3 Å². The van der Waals surface area contributed by atoms with Gasteiger partial charge in [0.25, 0.3) is 0 Å². The van der Waals surface area contributed by atoms with Crippen LogP contribution in [0.1, 0.15) is 26.0 Å². The minimum Gasteiger partial charge on any atom is -0.493 e. The van der Waals surface area contributed by atoms with Crippen LogP contribution in [0.2, 0.25) is 0 Å². The number of methoxy groups -OCH3 is 2. The Balaban J connectivity index is 2.67. The summed E-state index contributed by atoms with van der Waals surface area (Å²) in [6.45, 7) is 4.97. The SMILES string of the molecule is COc1ccnc(CNC(C)CC(C)Br)c1OC. The molecule has 0 aromatic carbocycles. The fourth-order valence-corrected chi connectivity index (χ4v) is 2.38. The molecule has 1 aromatic rings. The number of hydrogen-bond acceptors (Lipinski definition) is 4. The number of halogens is 1. The first-order chi connectivity index (χ1) is 8.58. The van der Waals surface area contributed by atoms with Gasteiger partial charge in [-0.15, -0.1) is 0 Å². The zero-order chi connectivity index (χ0) is 13.5. The van der Waals surface area contributed by atoms with Crippen LogP contribution in [-0.2, 0) is 6.54 Å². The van der Waals surface area contributed by atoms with Crippen molar-refractivity contribution in [3.05, 3.63) is 18.0 Å². The molecule has 5 heteroatoms. The Bertz CT molecular complexity index is 372. The summed E-state index contributed by atoms with van der Waals surface area (Å²) in [5.74, 6) is 1.41. The highest BCUT2D eigenvalue weighted by Crippen LogP contribution is 2.28. The second kappa shape index (κ2) is 7.59. The third kappa shape index (κ3) is 4.46. The Kier molecular flexibility index (Phi) is 6.43. The van der Waals surface area contributed by atoms with Crippen molar-refractivity contribution in [3.63, 3.8) is 0 Å². The maximum atomic E-state index is 5.34. The Morgan fingerprint density at radius 2 is 2.06 bits per heavy atom. The summed E-state index contributed by atoms with van der Waals surface area (Å²) in [7, 11) is 3.26. The first-order valence-corrected chi connectivity index (χ1v) is 6.93. The van der Waals surface area contributed by atoms with E-state index in [4.69, 9.17) is 9.47 Å². The quantitative estimate of drug-likeness (QED) is 0.785. The van der Waals surface area contributed by atoms with Crippen molar-refractivity contribution in [2.75, 3.05) is 14.2 Å². The molecule has 1 aromatic heterocycles. The van der Waals surface area contributed by atoms with E-state index < -0.39 is 0 Å². The van der Waals surface area contributed by atoms with Crippen molar-refractivity contribution >= 4 is 15.9 Å².